The zero-order valence-electron chi connectivity index (χ0n) is 12.2. The summed E-state index contributed by atoms with van der Waals surface area (Å²) in [6.45, 7) is 0. The number of hydrogen-bond acceptors (Lipinski definition) is 6. The Morgan fingerprint density at radius 3 is 2.58 bits per heavy atom. The molecule has 0 saturated carbocycles. The number of nitrogens with one attached hydrogen (secondary N) is 1. The summed E-state index contributed by atoms with van der Waals surface area (Å²) in [4.78, 5) is 11.8. The highest BCUT2D eigenvalue weighted by Crippen LogP contribution is 2.29. The molecule has 6 nitrogen and oxygen atoms in total. The molecule has 2 rings (SSSR count). The van der Waals surface area contributed by atoms with E-state index >= 15 is 0 Å². The highest BCUT2D eigenvalue weighted by Gasteiger charge is 2.45. The molecule has 0 aliphatic carbocycles. The van der Waals surface area contributed by atoms with Crippen LogP contribution in [0.1, 0.15) is 15.4 Å². The summed E-state index contributed by atoms with van der Waals surface area (Å²) in [6.07, 6.45) is -4.93. The van der Waals surface area contributed by atoms with Gasteiger partial charge in [0.2, 0.25) is 0 Å². The van der Waals surface area contributed by atoms with Crippen LogP contribution in [-0.2, 0) is 16.9 Å². The number of anilines is 1. The number of benzene rings is 1. The second-order valence-corrected chi connectivity index (χ2v) is 6.71. The summed E-state index contributed by atoms with van der Waals surface area (Å²) in [7, 11) is 0. The van der Waals surface area contributed by atoms with Gasteiger partial charge in [0.1, 0.15) is 16.3 Å². The van der Waals surface area contributed by atoms with E-state index in [4.69, 9.17) is 0 Å². The van der Waals surface area contributed by atoms with Crippen LogP contribution >= 0.6 is 11.5 Å². The lowest BCUT2D eigenvalue weighted by Gasteiger charge is -2.12. The third kappa shape index (κ3) is 5.74. The van der Waals surface area contributed by atoms with Crippen LogP contribution in [-0.4, -0.2) is 31.9 Å². The average Bonchev–Trinajstić information content (AvgIpc) is 2.93. The van der Waals surface area contributed by atoms with E-state index in [2.05, 4.69) is 19.6 Å². The minimum atomic E-state index is -4.99. The molecule has 0 fully saturated rings. The summed E-state index contributed by atoms with van der Waals surface area (Å²) in [5, 5.41) is 5.53. The molecule has 0 radical (unpaired) electrons. The number of alkyl halides is 6. The van der Waals surface area contributed by atoms with Gasteiger partial charge in [-0.15, -0.1) is 31.4 Å². The van der Waals surface area contributed by atoms with Gasteiger partial charge in [0.15, 0.2) is 5.75 Å². The molecule has 1 N–H and O–H groups in total. The van der Waals surface area contributed by atoms with Gasteiger partial charge in [-0.3, -0.25) is 4.79 Å². The Morgan fingerprint density at radius 2 is 1.96 bits per heavy atom. The van der Waals surface area contributed by atoms with E-state index in [0.717, 1.165) is 12.1 Å². The van der Waals surface area contributed by atoms with Crippen LogP contribution in [0.15, 0.2) is 24.3 Å². The van der Waals surface area contributed by atoms with Gasteiger partial charge in [-0.05, 0) is 23.7 Å². The largest absolute Gasteiger partial charge is 0.609 e. The summed E-state index contributed by atoms with van der Waals surface area (Å²) in [6, 6.07) is 4.27. The molecule has 0 spiro atoms. The van der Waals surface area contributed by atoms with E-state index in [1.165, 1.54) is 12.1 Å². The summed E-state index contributed by atoms with van der Waals surface area (Å²) in [5.41, 5.74) is -5.53. The first-order valence-corrected chi connectivity index (χ1v) is 8.48. The number of carbonyl (C=O) groups is 1. The molecule has 1 atom stereocenters. The number of hydrogen-bond donors (Lipinski definition) is 1. The number of nitrogens with zero attached hydrogens (tertiary/aromatic N) is 2. The van der Waals surface area contributed by atoms with Gasteiger partial charge in [-0.2, -0.15) is 0 Å². The summed E-state index contributed by atoms with van der Waals surface area (Å²) in [5.74, 6) is -2.63. The summed E-state index contributed by atoms with van der Waals surface area (Å²) < 4.78 is 91.7. The minimum Gasteiger partial charge on any atom is -0.609 e. The molecule has 14 heteroatoms. The monoisotopic (exact) mass is 419 g/mol. The normalized spacial score (nSPS) is 13.3. The fourth-order valence-electron chi connectivity index (χ4n) is 1.64. The molecule has 0 bridgehead atoms. The second-order valence-electron chi connectivity index (χ2n) is 4.51. The van der Waals surface area contributed by atoms with E-state index < -0.39 is 46.2 Å². The number of aromatic nitrogens is 2. The fraction of sp³-hybridized carbons (Fsp3) is 0.250. The number of amides is 1. The van der Waals surface area contributed by atoms with Gasteiger partial charge in [0, 0.05) is 11.8 Å². The zero-order chi connectivity index (χ0) is 19.5. The van der Waals surface area contributed by atoms with Crippen LogP contribution < -0.4 is 10.1 Å². The molecule has 0 aliphatic heterocycles. The van der Waals surface area contributed by atoms with Crippen molar-refractivity contribution in [3.63, 3.8) is 0 Å². The average molecular weight is 419 g/mol. The number of ether oxygens (including phenoxy) is 1. The lowest BCUT2D eigenvalue weighted by atomic mass is 10.3. The van der Waals surface area contributed by atoms with Crippen molar-refractivity contribution in [3.8, 4) is 5.75 Å². The molecular formula is C12H7F6N3O3S2. The van der Waals surface area contributed by atoms with E-state index in [1.807, 2.05) is 0 Å². The van der Waals surface area contributed by atoms with Crippen molar-refractivity contribution in [1.29, 1.82) is 0 Å². The van der Waals surface area contributed by atoms with Gasteiger partial charge in [-0.25, -0.2) is 0 Å². The van der Waals surface area contributed by atoms with Gasteiger partial charge < -0.3 is 14.6 Å². The van der Waals surface area contributed by atoms with Gasteiger partial charge in [0.05, 0.1) is 11.2 Å². The van der Waals surface area contributed by atoms with E-state index in [0.29, 0.717) is 11.5 Å². The predicted molar refractivity (Wildman–Crippen MR) is 78.9 cm³/mol. The molecule has 142 valence electrons. The molecule has 1 aromatic carbocycles. The van der Waals surface area contributed by atoms with Crippen molar-refractivity contribution in [2.75, 3.05) is 5.32 Å². The first-order chi connectivity index (χ1) is 12.0. The Bertz CT molecular complexity index is 780. The van der Waals surface area contributed by atoms with Crippen molar-refractivity contribution >= 4 is 34.3 Å². The predicted octanol–water partition coefficient (Wildman–Crippen LogP) is 3.46. The SMILES string of the molecule is O=C(Nc1cccc(OC(F)(F)F)c1)c1snnc1C[S+]([O-])C(F)(F)F. The maximum absolute atomic E-state index is 12.3. The number of halogens is 6. The number of carbonyl (C=O) groups excluding carboxylic acids is 1. The fourth-order valence-corrected chi connectivity index (χ4v) is 2.92. The number of rotatable bonds is 5. The molecule has 0 aliphatic rings. The molecule has 1 aromatic heterocycles. The Kier molecular flexibility index (Phi) is 5.98. The maximum Gasteiger partial charge on any atom is 0.573 e. The third-order valence-electron chi connectivity index (χ3n) is 2.61. The van der Waals surface area contributed by atoms with Gasteiger partial charge >= 0.3 is 11.9 Å². The zero-order valence-corrected chi connectivity index (χ0v) is 13.9. The van der Waals surface area contributed by atoms with Crippen molar-refractivity contribution in [2.45, 2.75) is 17.6 Å². The van der Waals surface area contributed by atoms with Crippen LogP contribution in [0.2, 0.25) is 0 Å². The molecule has 1 amide bonds. The van der Waals surface area contributed by atoms with E-state index in [-0.39, 0.29) is 10.6 Å². The van der Waals surface area contributed by atoms with Crippen LogP contribution in [0.4, 0.5) is 32.0 Å². The quantitative estimate of drug-likeness (QED) is 0.593. The second kappa shape index (κ2) is 7.67. The summed E-state index contributed by atoms with van der Waals surface area (Å²) >= 11 is -2.82. The van der Waals surface area contributed by atoms with Gasteiger partial charge in [-0.1, -0.05) is 10.6 Å². The highest BCUT2D eigenvalue weighted by molar-refractivity contribution is 7.91. The maximum atomic E-state index is 12.3. The standard InChI is InChI=1S/C12H7F6N3O3S2/c13-11(14,15)24-7-3-1-2-6(4-7)19-10(22)9-8(20-21-25-9)5-26(23)12(16,17)18/h1-4H,5H2,(H,19,22). The third-order valence-corrected chi connectivity index (χ3v) is 4.43. The highest BCUT2D eigenvalue weighted by atomic mass is 32.2. The smallest absolute Gasteiger partial charge is 0.573 e. The first-order valence-electron chi connectivity index (χ1n) is 6.39. The Morgan fingerprint density at radius 1 is 1.27 bits per heavy atom. The minimum absolute atomic E-state index is 0.104. The molecule has 26 heavy (non-hydrogen) atoms. The van der Waals surface area contributed by atoms with Crippen LogP contribution in [0.25, 0.3) is 0 Å². The molecule has 1 heterocycles. The van der Waals surface area contributed by atoms with Gasteiger partial charge in [0.25, 0.3) is 5.91 Å². The van der Waals surface area contributed by atoms with Crippen molar-refractivity contribution in [2.24, 2.45) is 0 Å². The lowest BCUT2D eigenvalue weighted by molar-refractivity contribution is -0.274. The molecule has 0 saturated heterocycles. The lowest BCUT2D eigenvalue weighted by Crippen LogP contribution is -2.26. The molecule has 1 unspecified atom stereocenters. The first kappa shape index (κ1) is 20.3. The van der Waals surface area contributed by atoms with Crippen molar-refractivity contribution in [3.05, 3.63) is 34.8 Å². The molecule has 2 aromatic rings. The topological polar surface area (TPSA) is 87.2 Å². The van der Waals surface area contributed by atoms with Crippen LogP contribution in [0.5, 0.6) is 5.75 Å². The Hall–Kier alpha value is -2.06. The van der Waals surface area contributed by atoms with E-state index in [9.17, 15) is 35.7 Å². The Balaban J connectivity index is 2.12. The van der Waals surface area contributed by atoms with E-state index in [1.54, 1.807) is 0 Å². The van der Waals surface area contributed by atoms with Crippen molar-refractivity contribution in [1.82, 2.24) is 9.59 Å². The Labute approximate surface area is 148 Å². The van der Waals surface area contributed by atoms with Crippen LogP contribution in [0.3, 0.4) is 0 Å². The van der Waals surface area contributed by atoms with Crippen molar-refractivity contribution < 1.29 is 40.4 Å². The molecular weight excluding hydrogens is 412 g/mol. The van der Waals surface area contributed by atoms with Crippen LogP contribution in [0, 0.1) is 0 Å².